The van der Waals surface area contributed by atoms with Gasteiger partial charge in [0.25, 0.3) is 0 Å². The molecule has 1 unspecified atom stereocenters. The summed E-state index contributed by atoms with van der Waals surface area (Å²) in [6.07, 6.45) is 0. The second kappa shape index (κ2) is 6.92. The molecular formula is C24H22NO6+. The fraction of sp³-hybridized carbons (Fsp3) is 0.208. The van der Waals surface area contributed by atoms with Crippen LogP contribution in [0.1, 0.15) is 52.6 Å². The molecule has 1 atom stereocenters. The first-order valence-electron chi connectivity index (χ1n) is 9.80. The number of hydrogen-bond acceptors (Lipinski definition) is 4. The number of Topliss-reactive ketones (excluding diaryl/α,β-unsaturated/α-hetero) is 1. The van der Waals surface area contributed by atoms with E-state index in [2.05, 4.69) is 0 Å². The Kier molecular flexibility index (Phi) is 4.59. The van der Waals surface area contributed by atoms with Crippen molar-refractivity contribution in [3.8, 4) is 0 Å². The highest BCUT2D eigenvalue weighted by Gasteiger charge is 2.51. The number of aliphatic hydroxyl groups is 1. The maximum Gasteiger partial charge on any atom is 0.335 e. The van der Waals surface area contributed by atoms with Crippen molar-refractivity contribution in [3.05, 3.63) is 87.3 Å². The molecule has 1 aliphatic heterocycles. The zero-order valence-electron chi connectivity index (χ0n) is 17.3. The fourth-order valence-corrected chi connectivity index (χ4v) is 4.48. The summed E-state index contributed by atoms with van der Waals surface area (Å²) in [4.78, 5) is 36.1. The van der Waals surface area contributed by atoms with Crippen molar-refractivity contribution in [2.45, 2.75) is 32.7 Å². The van der Waals surface area contributed by atoms with Gasteiger partial charge in [0.2, 0.25) is 5.78 Å². The third-order valence-corrected chi connectivity index (χ3v) is 6.18. The first-order valence-corrected chi connectivity index (χ1v) is 9.80. The number of quaternary nitrogens is 1. The molecule has 7 heteroatoms. The van der Waals surface area contributed by atoms with Gasteiger partial charge in [-0.05, 0) is 45.0 Å². The second-order valence-electron chi connectivity index (χ2n) is 8.40. The second-order valence-corrected chi connectivity index (χ2v) is 8.40. The molecule has 0 saturated carbocycles. The summed E-state index contributed by atoms with van der Waals surface area (Å²) in [5, 5.41) is 29.0. The lowest BCUT2D eigenvalue weighted by molar-refractivity contribution is -0.804. The Morgan fingerprint density at radius 3 is 2.10 bits per heavy atom. The first kappa shape index (κ1) is 20.6. The molecule has 0 fully saturated rings. The summed E-state index contributed by atoms with van der Waals surface area (Å²) in [6, 6.07) is 11.4. The van der Waals surface area contributed by atoms with E-state index in [-0.39, 0.29) is 28.2 Å². The van der Waals surface area contributed by atoms with Gasteiger partial charge in [0.15, 0.2) is 0 Å². The quantitative estimate of drug-likeness (QED) is 0.565. The van der Waals surface area contributed by atoms with E-state index in [1.807, 2.05) is 13.8 Å². The van der Waals surface area contributed by atoms with Crippen molar-refractivity contribution in [1.29, 1.82) is 0 Å². The van der Waals surface area contributed by atoms with Crippen LogP contribution in [0.2, 0.25) is 0 Å². The number of carbonyl (C=O) groups excluding carboxylic acids is 1. The van der Waals surface area contributed by atoms with E-state index < -0.39 is 17.4 Å². The van der Waals surface area contributed by atoms with E-state index in [0.717, 1.165) is 21.7 Å². The Bertz CT molecular complexity index is 1220. The van der Waals surface area contributed by atoms with Crippen LogP contribution in [0.25, 0.3) is 0 Å². The van der Waals surface area contributed by atoms with Crippen LogP contribution in [0, 0.1) is 0 Å². The minimum absolute atomic E-state index is 0.0296. The van der Waals surface area contributed by atoms with Gasteiger partial charge in [-0.25, -0.2) is 9.59 Å². The number of fused-ring (bicyclic) bond motifs is 1. The van der Waals surface area contributed by atoms with E-state index in [1.54, 1.807) is 31.2 Å². The highest BCUT2D eigenvalue weighted by atomic mass is 16.4. The van der Waals surface area contributed by atoms with E-state index in [9.17, 15) is 24.6 Å². The number of carbonyl (C=O) groups is 3. The van der Waals surface area contributed by atoms with Crippen molar-refractivity contribution in [1.82, 2.24) is 0 Å². The van der Waals surface area contributed by atoms with E-state index >= 15 is 0 Å². The van der Waals surface area contributed by atoms with Crippen LogP contribution in [0.3, 0.4) is 0 Å². The Morgan fingerprint density at radius 2 is 1.55 bits per heavy atom. The van der Waals surface area contributed by atoms with Crippen LogP contribution < -0.4 is 4.90 Å². The third kappa shape index (κ3) is 3.05. The monoisotopic (exact) mass is 420 g/mol. The summed E-state index contributed by atoms with van der Waals surface area (Å²) in [5.41, 5.74) is 3.34. The van der Waals surface area contributed by atoms with Gasteiger partial charge >= 0.3 is 11.9 Å². The highest BCUT2D eigenvalue weighted by Crippen LogP contribution is 2.44. The Hall–Kier alpha value is -3.71. The van der Waals surface area contributed by atoms with Gasteiger partial charge in [-0.1, -0.05) is 12.1 Å². The predicted molar refractivity (Wildman–Crippen MR) is 112 cm³/mol. The molecule has 0 amide bonds. The molecule has 2 aromatic rings. The van der Waals surface area contributed by atoms with Crippen molar-refractivity contribution in [3.63, 3.8) is 0 Å². The highest BCUT2D eigenvalue weighted by molar-refractivity contribution is 6.19. The zero-order valence-corrected chi connectivity index (χ0v) is 17.3. The topological polar surface area (TPSA) is 116 Å². The van der Waals surface area contributed by atoms with Crippen LogP contribution in [0.5, 0.6) is 0 Å². The molecule has 0 spiro atoms. The SMILES string of the molecule is CC1=C(O)/C(=C2\[NH+](Cc3ccc(C(=O)O)cc3)c3ccc(C(=O)O)cc3C2(C)C)C1=O. The number of hydrogen-bond donors (Lipinski definition) is 4. The lowest BCUT2D eigenvalue weighted by atomic mass is 9.76. The smallest absolute Gasteiger partial charge is 0.335 e. The first-order chi connectivity index (χ1) is 14.5. The number of allylic oxidation sites excluding steroid dienone is 3. The molecule has 0 saturated heterocycles. The van der Waals surface area contributed by atoms with Crippen molar-refractivity contribution < 1.29 is 34.6 Å². The molecular weight excluding hydrogens is 398 g/mol. The van der Waals surface area contributed by atoms with Crippen molar-refractivity contribution in [2.24, 2.45) is 0 Å². The predicted octanol–water partition coefficient (Wildman–Crippen LogP) is 2.76. The Balaban J connectivity index is 1.88. The molecule has 1 aliphatic carbocycles. The summed E-state index contributed by atoms with van der Waals surface area (Å²) < 4.78 is 0. The van der Waals surface area contributed by atoms with Gasteiger partial charge < -0.3 is 15.3 Å². The number of aromatic carboxylic acids is 2. The standard InChI is InChI=1S/C24H21NO6/c1-12-19(26)18(20(12)27)21-24(2,3)16-10-15(23(30)31)8-9-17(16)25(21)11-13-4-6-14(7-5-13)22(28)29/h4-10,26H,11H2,1-3H3,(H,28,29)(H,30,31)/p+1/b21-18+. The van der Waals surface area contributed by atoms with Crippen LogP contribution in [0.4, 0.5) is 5.69 Å². The number of ketones is 1. The number of nitrogens with one attached hydrogen (secondary N) is 1. The van der Waals surface area contributed by atoms with Crippen molar-refractivity contribution in [2.75, 3.05) is 0 Å². The summed E-state index contributed by atoms with van der Waals surface area (Å²) in [6.45, 7) is 5.80. The minimum atomic E-state index is -1.04. The van der Waals surface area contributed by atoms with E-state index in [0.29, 0.717) is 17.8 Å². The Labute approximate surface area is 178 Å². The molecule has 7 nitrogen and oxygen atoms in total. The lowest BCUT2D eigenvalue weighted by Crippen LogP contribution is -3.03. The number of aliphatic hydroxyl groups excluding tert-OH is 1. The van der Waals surface area contributed by atoms with Crippen LogP contribution >= 0.6 is 0 Å². The Morgan fingerprint density at radius 1 is 0.968 bits per heavy atom. The molecule has 4 N–H and O–H groups in total. The molecule has 1 heterocycles. The maximum absolute atomic E-state index is 12.6. The third-order valence-electron chi connectivity index (χ3n) is 6.18. The summed E-state index contributed by atoms with van der Waals surface area (Å²) in [5.74, 6) is -2.30. The maximum atomic E-state index is 12.6. The molecule has 4 rings (SSSR count). The molecule has 0 aromatic heterocycles. The van der Waals surface area contributed by atoms with E-state index in [4.69, 9.17) is 5.11 Å². The molecule has 158 valence electrons. The van der Waals surface area contributed by atoms with Gasteiger partial charge in [0.05, 0.1) is 16.5 Å². The summed E-state index contributed by atoms with van der Waals surface area (Å²) >= 11 is 0. The minimum Gasteiger partial charge on any atom is -0.507 e. The average Bonchev–Trinajstić information content (AvgIpc) is 2.95. The molecule has 0 bridgehead atoms. The van der Waals surface area contributed by atoms with Crippen molar-refractivity contribution >= 4 is 23.4 Å². The van der Waals surface area contributed by atoms with Gasteiger partial charge in [-0.2, -0.15) is 0 Å². The van der Waals surface area contributed by atoms with Crippen LogP contribution in [0.15, 0.2) is 65.1 Å². The van der Waals surface area contributed by atoms with Crippen LogP contribution in [-0.2, 0) is 16.8 Å². The number of carboxylic acids is 2. The normalized spacial score (nSPS) is 21.6. The van der Waals surface area contributed by atoms with E-state index in [1.165, 1.54) is 18.2 Å². The van der Waals surface area contributed by atoms with Gasteiger partial charge in [0, 0.05) is 22.8 Å². The zero-order chi connectivity index (χ0) is 22.7. The molecule has 2 aliphatic rings. The van der Waals surface area contributed by atoms with Gasteiger partial charge in [0.1, 0.15) is 29.3 Å². The number of carboxylic acid groups (broad SMARTS) is 2. The van der Waals surface area contributed by atoms with Crippen LogP contribution in [-0.4, -0.2) is 33.0 Å². The molecule has 0 radical (unpaired) electrons. The average molecular weight is 420 g/mol. The molecule has 31 heavy (non-hydrogen) atoms. The molecule has 2 aromatic carbocycles. The van der Waals surface area contributed by atoms with Gasteiger partial charge in [-0.3, -0.25) is 9.69 Å². The van der Waals surface area contributed by atoms with Gasteiger partial charge in [-0.15, -0.1) is 0 Å². The number of rotatable bonds is 4. The number of benzene rings is 2. The summed E-state index contributed by atoms with van der Waals surface area (Å²) in [7, 11) is 0. The lowest BCUT2D eigenvalue weighted by Gasteiger charge is -2.28. The fourth-order valence-electron chi connectivity index (χ4n) is 4.48. The largest absolute Gasteiger partial charge is 0.507 e.